The average Bonchev–Trinajstić information content (AvgIpc) is 2.98. The second-order valence-corrected chi connectivity index (χ2v) is 9.35. The largest absolute Gasteiger partial charge is 0.320 e. The van der Waals surface area contributed by atoms with Crippen LogP contribution < -0.4 is 4.80 Å². The molecule has 2 aromatic carbocycles. The molecule has 0 fully saturated rings. The van der Waals surface area contributed by atoms with E-state index in [0.717, 1.165) is 10.00 Å². The molecule has 3 aromatic rings. The highest BCUT2D eigenvalue weighted by Crippen LogP contribution is 2.29. The Morgan fingerprint density at radius 2 is 1.79 bits per heavy atom. The Morgan fingerprint density at radius 3 is 2.39 bits per heavy atom. The highest BCUT2D eigenvalue weighted by atomic mass is 79.9. The van der Waals surface area contributed by atoms with E-state index < -0.39 is 10.0 Å². The first kappa shape index (κ1) is 22.8. The summed E-state index contributed by atoms with van der Waals surface area (Å²) in [6.07, 6.45) is 0. The molecule has 0 radical (unpaired) electrons. The predicted molar refractivity (Wildman–Crippen MR) is 117 cm³/mol. The molecule has 0 atom stereocenters. The summed E-state index contributed by atoms with van der Waals surface area (Å²) in [5, 5.41) is 2.05. The van der Waals surface area contributed by atoms with E-state index in [0.29, 0.717) is 16.1 Å². The van der Waals surface area contributed by atoms with Crippen LogP contribution >= 0.6 is 39.9 Å². The number of hydrogen-bond donors (Lipinski definition) is 0. The van der Waals surface area contributed by atoms with Crippen LogP contribution in [0.3, 0.4) is 0 Å². The predicted octanol–water partition coefficient (Wildman–Crippen LogP) is 4.61. The molecule has 0 aliphatic rings. The van der Waals surface area contributed by atoms with Gasteiger partial charge < -0.3 is 4.57 Å². The molecule has 150 valence electrons. The Labute approximate surface area is 182 Å². The van der Waals surface area contributed by atoms with Gasteiger partial charge in [-0.15, -0.1) is 28.3 Å². The Hall–Kier alpha value is -1.52. The van der Waals surface area contributed by atoms with Gasteiger partial charge in [-0.05, 0) is 36.4 Å². The quantitative estimate of drug-likeness (QED) is 0.519. The maximum absolute atomic E-state index is 13.0. The number of benzene rings is 2. The van der Waals surface area contributed by atoms with E-state index >= 15 is 0 Å². The molecular weight excluding hydrogens is 489 g/mol. The molecule has 10 heteroatoms. The number of halogens is 3. The summed E-state index contributed by atoms with van der Waals surface area (Å²) in [4.78, 5) is 5.26. The standard InChI is InChI=1S/C18H17ClFN3O2S2.BrH/c1-22(2)27(24,25)17-10-12(4-9-15(17)19)16-11-26-18(23(16)3)21-14-7-5-13(20)6-8-14;/h4-11H,1-3H3;1H. The van der Waals surface area contributed by atoms with Crippen LogP contribution in [0.25, 0.3) is 11.3 Å². The van der Waals surface area contributed by atoms with E-state index in [1.54, 1.807) is 30.3 Å². The van der Waals surface area contributed by atoms with E-state index in [2.05, 4.69) is 4.99 Å². The van der Waals surface area contributed by atoms with Gasteiger partial charge in [0.25, 0.3) is 0 Å². The zero-order valence-corrected chi connectivity index (χ0v) is 19.4. The third-order valence-electron chi connectivity index (χ3n) is 3.96. The normalized spacial score (nSPS) is 12.3. The lowest BCUT2D eigenvalue weighted by atomic mass is 10.2. The maximum atomic E-state index is 13.0. The van der Waals surface area contributed by atoms with Gasteiger partial charge in [-0.25, -0.2) is 22.1 Å². The average molecular weight is 507 g/mol. The number of aromatic nitrogens is 1. The van der Waals surface area contributed by atoms with Crippen LogP contribution in [0.15, 0.2) is 57.7 Å². The summed E-state index contributed by atoms with van der Waals surface area (Å²) >= 11 is 7.52. The fourth-order valence-corrected chi connectivity index (χ4v) is 4.74. The molecule has 0 amide bonds. The van der Waals surface area contributed by atoms with E-state index in [1.807, 2.05) is 17.0 Å². The minimum absolute atomic E-state index is 0. The van der Waals surface area contributed by atoms with Crippen molar-refractivity contribution in [1.82, 2.24) is 8.87 Å². The number of thiazole rings is 1. The first-order chi connectivity index (χ1) is 12.7. The zero-order valence-electron chi connectivity index (χ0n) is 15.3. The van der Waals surface area contributed by atoms with Crippen LogP contribution in [0, 0.1) is 5.82 Å². The van der Waals surface area contributed by atoms with Crippen molar-refractivity contribution in [3.05, 3.63) is 63.5 Å². The van der Waals surface area contributed by atoms with E-state index in [1.165, 1.54) is 37.6 Å². The Kier molecular flexibility index (Phi) is 7.22. The molecule has 1 heterocycles. The van der Waals surface area contributed by atoms with Gasteiger partial charge in [-0.3, -0.25) is 0 Å². The van der Waals surface area contributed by atoms with Crippen molar-refractivity contribution >= 4 is 55.6 Å². The van der Waals surface area contributed by atoms with Crippen LogP contribution in [0.1, 0.15) is 0 Å². The lowest BCUT2D eigenvalue weighted by Crippen LogP contribution is -2.22. The summed E-state index contributed by atoms with van der Waals surface area (Å²) < 4.78 is 41.0. The molecular formula is C18H18BrClFN3O2S2. The molecule has 28 heavy (non-hydrogen) atoms. The van der Waals surface area contributed by atoms with Gasteiger partial charge in [0, 0.05) is 32.1 Å². The van der Waals surface area contributed by atoms with Gasteiger partial charge in [0.2, 0.25) is 10.0 Å². The molecule has 0 saturated heterocycles. The summed E-state index contributed by atoms with van der Waals surface area (Å²) in [6.45, 7) is 0. The second-order valence-electron chi connectivity index (χ2n) is 5.98. The van der Waals surface area contributed by atoms with Crippen molar-refractivity contribution in [3.8, 4) is 11.3 Å². The summed E-state index contributed by atoms with van der Waals surface area (Å²) in [7, 11) is 1.10. The van der Waals surface area contributed by atoms with Gasteiger partial charge in [-0.2, -0.15) is 0 Å². The van der Waals surface area contributed by atoms with Gasteiger partial charge in [0.15, 0.2) is 4.80 Å². The van der Waals surface area contributed by atoms with Crippen molar-refractivity contribution in [2.24, 2.45) is 12.0 Å². The number of sulfonamides is 1. The van der Waals surface area contributed by atoms with Gasteiger partial charge in [-0.1, -0.05) is 17.7 Å². The number of rotatable bonds is 4. The minimum Gasteiger partial charge on any atom is -0.320 e. The molecule has 0 aliphatic heterocycles. The van der Waals surface area contributed by atoms with Crippen molar-refractivity contribution in [2.75, 3.05) is 14.1 Å². The third-order valence-corrected chi connectivity index (χ3v) is 7.17. The van der Waals surface area contributed by atoms with Crippen LogP contribution in [0.4, 0.5) is 10.1 Å². The molecule has 0 saturated carbocycles. The lowest BCUT2D eigenvalue weighted by molar-refractivity contribution is 0.521. The van der Waals surface area contributed by atoms with E-state index in [4.69, 9.17) is 11.6 Å². The summed E-state index contributed by atoms with van der Waals surface area (Å²) in [5.41, 5.74) is 2.14. The summed E-state index contributed by atoms with van der Waals surface area (Å²) in [6, 6.07) is 10.8. The highest BCUT2D eigenvalue weighted by Gasteiger charge is 2.22. The molecule has 5 nitrogen and oxygen atoms in total. The molecule has 0 spiro atoms. The van der Waals surface area contributed by atoms with Crippen molar-refractivity contribution in [3.63, 3.8) is 0 Å². The van der Waals surface area contributed by atoms with Crippen molar-refractivity contribution in [2.45, 2.75) is 4.90 Å². The highest BCUT2D eigenvalue weighted by molar-refractivity contribution is 8.93. The maximum Gasteiger partial charge on any atom is 0.244 e. The van der Waals surface area contributed by atoms with Gasteiger partial charge in [0.05, 0.1) is 16.4 Å². The topological polar surface area (TPSA) is 54.7 Å². The zero-order chi connectivity index (χ0) is 19.8. The van der Waals surface area contributed by atoms with Crippen LogP contribution in [-0.4, -0.2) is 31.4 Å². The molecule has 0 aliphatic carbocycles. The first-order valence-corrected chi connectivity index (χ1v) is 10.6. The van der Waals surface area contributed by atoms with E-state index in [-0.39, 0.29) is 32.7 Å². The van der Waals surface area contributed by atoms with Crippen LogP contribution in [0.2, 0.25) is 5.02 Å². The molecule has 1 aromatic heterocycles. The number of hydrogen-bond acceptors (Lipinski definition) is 4. The monoisotopic (exact) mass is 505 g/mol. The number of nitrogens with zero attached hydrogens (tertiary/aromatic N) is 3. The SMILES string of the molecule is Br.CN(C)S(=O)(=O)c1cc(-c2csc(=Nc3ccc(F)cc3)n2C)ccc1Cl. The molecule has 0 N–H and O–H groups in total. The van der Waals surface area contributed by atoms with Crippen molar-refractivity contribution in [1.29, 1.82) is 0 Å². The first-order valence-electron chi connectivity index (χ1n) is 7.87. The van der Waals surface area contributed by atoms with Crippen LogP contribution in [-0.2, 0) is 17.1 Å². The molecule has 0 unspecified atom stereocenters. The van der Waals surface area contributed by atoms with Crippen LogP contribution in [0.5, 0.6) is 0 Å². The van der Waals surface area contributed by atoms with Gasteiger partial charge >= 0.3 is 0 Å². The fourth-order valence-electron chi connectivity index (χ4n) is 2.42. The van der Waals surface area contributed by atoms with E-state index in [9.17, 15) is 12.8 Å². The molecule has 0 bridgehead atoms. The minimum atomic E-state index is -3.66. The Morgan fingerprint density at radius 1 is 1.14 bits per heavy atom. The van der Waals surface area contributed by atoms with Gasteiger partial charge in [0.1, 0.15) is 10.7 Å². The molecule has 3 rings (SSSR count). The Balaban J connectivity index is 0.00000280. The summed E-state index contributed by atoms with van der Waals surface area (Å²) in [5.74, 6) is -0.319. The third kappa shape index (κ3) is 4.55. The Bertz CT molecular complexity index is 1160. The van der Waals surface area contributed by atoms with Crippen molar-refractivity contribution < 1.29 is 12.8 Å². The fraction of sp³-hybridized carbons (Fsp3) is 0.167. The second kappa shape index (κ2) is 8.87. The smallest absolute Gasteiger partial charge is 0.244 e. The lowest BCUT2D eigenvalue weighted by Gasteiger charge is -2.14.